The van der Waals surface area contributed by atoms with E-state index in [-0.39, 0.29) is 6.03 Å². The van der Waals surface area contributed by atoms with Gasteiger partial charge in [0.05, 0.1) is 6.04 Å². The minimum Gasteiger partial charge on any atom is -0.334 e. The highest BCUT2D eigenvalue weighted by molar-refractivity contribution is 5.77. The Morgan fingerprint density at radius 2 is 2.00 bits per heavy atom. The van der Waals surface area contributed by atoms with Gasteiger partial charge in [0.15, 0.2) is 0 Å². The van der Waals surface area contributed by atoms with Crippen molar-refractivity contribution in [3.63, 3.8) is 0 Å². The summed E-state index contributed by atoms with van der Waals surface area (Å²) in [6.07, 6.45) is 6.20. The average molecular weight is 184 g/mol. The summed E-state index contributed by atoms with van der Waals surface area (Å²) in [4.78, 5) is 10.9. The van der Waals surface area contributed by atoms with Gasteiger partial charge < -0.3 is 10.6 Å². The molecule has 0 aromatic heterocycles. The quantitative estimate of drug-likeness (QED) is 0.631. The van der Waals surface area contributed by atoms with E-state index in [1.165, 1.54) is 25.7 Å². The van der Waals surface area contributed by atoms with Gasteiger partial charge in [-0.05, 0) is 13.3 Å². The lowest BCUT2D eigenvalue weighted by Gasteiger charge is -2.13. The van der Waals surface area contributed by atoms with Crippen molar-refractivity contribution in [3.8, 4) is 0 Å². The topological polar surface area (TPSA) is 41.1 Å². The fraction of sp³-hybridized carbons (Fsp3) is 0.900. The molecule has 2 atom stereocenters. The molecule has 0 radical (unpaired) electrons. The first-order valence-corrected chi connectivity index (χ1v) is 5.31. The predicted molar refractivity (Wildman–Crippen MR) is 53.7 cm³/mol. The van der Waals surface area contributed by atoms with Gasteiger partial charge in [-0.3, -0.25) is 0 Å². The van der Waals surface area contributed by atoms with E-state index in [4.69, 9.17) is 0 Å². The van der Waals surface area contributed by atoms with E-state index in [0.717, 1.165) is 6.42 Å². The van der Waals surface area contributed by atoms with Crippen LogP contribution in [0.3, 0.4) is 0 Å². The summed E-state index contributed by atoms with van der Waals surface area (Å²) in [6, 6.07) is 0.645. The van der Waals surface area contributed by atoms with E-state index in [9.17, 15) is 4.79 Å². The molecular formula is C10H20N2O. The molecule has 1 heterocycles. The molecule has 76 valence electrons. The van der Waals surface area contributed by atoms with Crippen molar-refractivity contribution >= 4 is 6.03 Å². The number of rotatable bonds is 5. The summed E-state index contributed by atoms with van der Waals surface area (Å²) < 4.78 is 0. The molecule has 0 bridgehead atoms. The van der Waals surface area contributed by atoms with Crippen LogP contribution in [0.5, 0.6) is 0 Å². The van der Waals surface area contributed by atoms with Gasteiger partial charge in [-0.25, -0.2) is 4.79 Å². The summed E-state index contributed by atoms with van der Waals surface area (Å²) in [5.74, 6) is 0. The zero-order valence-electron chi connectivity index (χ0n) is 8.60. The predicted octanol–water partition coefficient (Wildman–Crippen LogP) is 2.03. The molecule has 3 nitrogen and oxygen atoms in total. The van der Waals surface area contributed by atoms with Gasteiger partial charge in [0, 0.05) is 6.04 Å². The maximum absolute atomic E-state index is 10.9. The standard InChI is InChI=1S/C10H20N2O/c1-3-4-5-6-7-9-8(2)11-10(13)12-9/h8-9H,3-7H2,1-2H3,(H2,11,12,13)/t8-,9+/m0/s1. The van der Waals surface area contributed by atoms with Crippen LogP contribution in [0.4, 0.5) is 4.79 Å². The van der Waals surface area contributed by atoms with Gasteiger partial charge in [-0.15, -0.1) is 0 Å². The molecule has 0 saturated carbocycles. The molecular weight excluding hydrogens is 164 g/mol. The summed E-state index contributed by atoms with van der Waals surface area (Å²) in [7, 11) is 0. The van der Waals surface area contributed by atoms with E-state index in [1.807, 2.05) is 0 Å². The first-order chi connectivity index (χ1) is 6.24. The second kappa shape index (κ2) is 5.10. The van der Waals surface area contributed by atoms with E-state index >= 15 is 0 Å². The highest BCUT2D eigenvalue weighted by Crippen LogP contribution is 2.11. The summed E-state index contributed by atoms with van der Waals surface area (Å²) in [6.45, 7) is 4.27. The second-order valence-corrected chi connectivity index (χ2v) is 3.86. The van der Waals surface area contributed by atoms with Gasteiger partial charge >= 0.3 is 6.03 Å². The molecule has 0 aliphatic carbocycles. The first-order valence-electron chi connectivity index (χ1n) is 5.31. The maximum Gasteiger partial charge on any atom is 0.315 e. The SMILES string of the molecule is CCCCCC[C@H]1NC(=O)N[C@H]1C. The Bertz CT molecular complexity index is 170. The molecule has 1 rings (SSSR count). The molecule has 1 aliphatic rings. The van der Waals surface area contributed by atoms with Crippen molar-refractivity contribution in [2.24, 2.45) is 0 Å². The molecule has 2 amide bonds. The van der Waals surface area contributed by atoms with Crippen molar-refractivity contribution in [1.82, 2.24) is 10.6 Å². The monoisotopic (exact) mass is 184 g/mol. The molecule has 0 aromatic rings. The van der Waals surface area contributed by atoms with Crippen molar-refractivity contribution < 1.29 is 4.79 Å². The average Bonchev–Trinajstić information content (AvgIpc) is 2.39. The smallest absolute Gasteiger partial charge is 0.315 e. The van der Waals surface area contributed by atoms with Crippen molar-refractivity contribution in [3.05, 3.63) is 0 Å². The maximum atomic E-state index is 10.9. The number of carbonyl (C=O) groups excluding carboxylic acids is 1. The Balaban J connectivity index is 2.11. The molecule has 0 spiro atoms. The van der Waals surface area contributed by atoms with Crippen LogP contribution in [0.1, 0.15) is 46.0 Å². The number of carbonyl (C=O) groups is 1. The lowest BCUT2D eigenvalue weighted by atomic mass is 10.0. The third-order valence-corrected chi connectivity index (χ3v) is 2.65. The molecule has 0 unspecified atom stereocenters. The van der Waals surface area contributed by atoms with Crippen molar-refractivity contribution in [2.75, 3.05) is 0 Å². The van der Waals surface area contributed by atoms with Crippen molar-refractivity contribution in [1.29, 1.82) is 0 Å². The van der Waals surface area contributed by atoms with Crippen LogP contribution in [-0.2, 0) is 0 Å². The number of hydrogen-bond donors (Lipinski definition) is 2. The summed E-state index contributed by atoms with van der Waals surface area (Å²) in [5.41, 5.74) is 0. The first kappa shape index (κ1) is 10.4. The summed E-state index contributed by atoms with van der Waals surface area (Å²) >= 11 is 0. The molecule has 1 saturated heterocycles. The molecule has 1 aliphatic heterocycles. The zero-order valence-corrected chi connectivity index (χ0v) is 8.60. The van der Waals surface area contributed by atoms with Crippen LogP contribution in [0.25, 0.3) is 0 Å². The number of amides is 2. The Morgan fingerprint density at radius 3 is 2.54 bits per heavy atom. The summed E-state index contributed by atoms with van der Waals surface area (Å²) in [5, 5.41) is 5.79. The minimum absolute atomic E-state index is 0.00649. The molecule has 2 N–H and O–H groups in total. The van der Waals surface area contributed by atoms with Crippen LogP contribution in [0, 0.1) is 0 Å². The highest BCUT2D eigenvalue weighted by Gasteiger charge is 2.26. The molecule has 3 heteroatoms. The third-order valence-electron chi connectivity index (χ3n) is 2.65. The van der Waals surface area contributed by atoms with Crippen LogP contribution < -0.4 is 10.6 Å². The number of urea groups is 1. The second-order valence-electron chi connectivity index (χ2n) is 3.86. The van der Waals surface area contributed by atoms with Crippen molar-refractivity contribution in [2.45, 2.75) is 58.0 Å². The lowest BCUT2D eigenvalue weighted by Crippen LogP contribution is -2.30. The van der Waals surface area contributed by atoms with Gasteiger partial charge in [-0.1, -0.05) is 32.6 Å². The number of unbranched alkanes of at least 4 members (excludes halogenated alkanes) is 3. The van der Waals surface area contributed by atoms with Crippen LogP contribution in [0.15, 0.2) is 0 Å². The van der Waals surface area contributed by atoms with E-state index in [2.05, 4.69) is 24.5 Å². The van der Waals surface area contributed by atoms with Crippen LogP contribution in [0.2, 0.25) is 0 Å². The van der Waals surface area contributed by atoms with Crippen LogP contribution >= 0.6 is 0 Å². The lowest BCUT2D eigenvalue weighted by molar-refractivity contribution is 0.247. The van der Waals surface area contributed by atoms with Gasteiger partial charge in [0.25, 0.3) is 0 Å². The minimum atomic E-state index is -0.00649. The Hall–Kier alpha value is -0.730. The Labute approximate surface area is 80.3 Å². The van der Waals surface area contributed by atoms with Crippen LogP contribution in [-0.4, -0.2) is 18.1 Å². The molecule has 13 heavy (non-hydrogen) atoms. The zero-order chi connectivity index (χ0) is 9.68. The van der Waals surface area contributed by atoms with Gasteiger partial charge in [-0.2, -0.15) is 0 Å². The van der Waals surface area contributed by atoms with Gasteiger partial charge in [0.2, 0.25) is 0 Å². The van der Waals surface area contributed by atoms with E-state index in [0.29, 0.717) is 12.1 Å². The Morgan fingerprint density at radius 1 is 1.23 bits per heavy atom. The normalized spacial score (nSPS) is 27.1. The number of hydrogen-bond acceptors (Lipinski definition) is 1. The molecule has 1 fully saturated rings. The Kier molecular flexibility index (Phi) is 4.06. The molecule has 0 aromatic carbocycles. The van der Waals surface area contributed by atoms with Gasteiger partial charge in [0.1, 0.15) is 0 Å². The largest absolute Gasteiger partial charge is 0.334 e. The number of nitrogens with one attached hydrogen (secondary N) is 2. The highest BCUT2D eigenvalue weighted by atomic mass is 16.2. The third kappa shape index (κ3) is 3.25. The fourth-order valence-electron chi connectivity index (χ4n) is 1.76. The fourth-order valence-corrected chi connectivity index (χ4v) is 1.76. The van der Waals surface area contributed by atoms with E-state index < -0.39 is 0 Å². The van der Waals surface area contributed by atoms with E-state index in [1.54, 1.807) is 0 Å².